The van der Waals surface area contributed by atoms with Gasteiger partial charge in [-0.3, -0.25) is 9.69 Å². The maximum atomic E-state index is 11.8. The Morgan fingerprint density at radius 1 is 1.53 bits per heavy atom. The zero-order valence-electron chi connectivity index (χ0n) is 11.0. The standard InChI is InChI=1S/C13H25N3O/c1-13(2)5-6-16(9-13)11(8-14)7-12(17)15-10-3-4-10/h10-11H,3-9,14H2,1-2H3,(H,15,17). The Labute approximate surface area is 104 Å². The Hall–Kier alpha value is -0.610. The van der Waals surface area contributed by atoms with Crippen LogP contribution < -0.4 is 11.1 Å². The maximum Gasteiger partial charge on any atom is 0.221 e. The molecule has 0 aromatic rings. The van der Waals surface area contributed by atoms with E-state index >= 15 is 0 Å². The van der Waals surface area contributed by atoms with Crippen LogP contribution in [0.15, 0.2) is 0 Å². The lowest BCUT2D eigenvalue weighted by atomic mass is 9.93. The van der Waals surface area contributed by atoms with Crippen molar-refractivity contribution in [3.63, 3.8) is 0 Å². The fourth-order valence-corrected chi connectivity index (χ4v) is 2.56. The largest absolute Gasteiger partial charge is 0.353 e. The molecule has 1 saturated heterocycles. The van der Waals surface area contributed by atoms with Crippen molar-refractivity contribution >= 4 is 5.91 Å². The van der Waals surface area contributed by atoms with Crippen LogP contribution in [0, 0.1) is 5.41 Å². The molecule has 4 nitrogen and oxygen atoms in total. The van der Waals surface area contributed by atoms with Crippen molar-refractivity contribution in [2.45, 2.75) is 51.6 Å². The number of hydrogen-bond donors (Lipinski definition) is 2. The molecule has 1 saturated carbocycles. The number of nitrogens with one attached hydrogen (secondary N) is 1. The highest BCUT2D eigenvalue weighted by Gasteiger charge is 2.34. The minimum atomic E-state index is 0.174. The zero-order chi connectivity index (χ0) is 12.5. The van der Waals surface area contributed by atoms with Crippen LogP contribution in [0.25, 0.3) is 0 Å². The van der Waals surface area contributed by atoms with E-state index in [0.29, 0.717) is 24.4 Å². The summed E-state index contributed by atoms with van der Waals surface area (Å²) in [6, 6.07) is 0.673. The molecule has 2 rings (SSSR count). The minimum absolute atomic E-state index is 0.174. The summed E-state index contributed by atoms with van der Waals surface area (Å²) in [7, 11) is 0. The average molecular weight is 239 g/mol. The summed E-state index contributed by atoms with van der Waals surface area (Å²) in [6.07, 6.45) is 4.06. The first-order valence-electron chi connectivity index (χ1n) is 6.74. The molecule has 1 aliphatic carbocycles. The lowest BCUT2D eigenvalue weighted by molar-refractivity contribution is -0.122. The first-order chi connectivity index (χ1) is 8.00. The van der Waals surface area contributed by atoms with Crippen LogP contribution >= 0.6 is 0 Å². The molecule has 1 unspecified atom stereocenters. The van der Waals surface area contributed by atoms with Crippen molar-refractivity contribution < 1.29 is 4.79 Å². The second kappa shape index (κ2) is 4.94. The van der Waals surface area contributed by atoms with Gasteiger partial charge in [-0.2, -0.15) is 0 Å². The van der Waals surface area contributed by atoms with Gasteiger partial charge in [0.25, 0.3) is 0 Å². The summed E-state index contributed by atoms with van der Waals surface area (Å²) in [5.74, 6) is 0.174. The molecule has 98 valence electrons. The molecule has 0 aromatic heterocycles. The second-order valence-electron chi connectivity index (χ2n) is 6.32. The van der Waals surface area contributed by atoms with Crippen molar-refractivity contribution in [2.24, 2.45) is 11.1 Å². The number of amides is 1. The summed E-state index contributed by atoms with van der Waals surface area (Å²) < 4.78 is 0. The van der Waals surface area contributed by atoms with Crippen molar-refractivity contribution in [3.8, 4) is 0 Å². The summed E-state index contributed by atoms with van der Waals surface area (Å²) in [6.45, 7) is 7.28. The number of nitrogens with zero attached hydrogens (tertiary/aromatic N) is 1. The fourth-order valence-electron chi connectivity index (χ4n) is 2.56. The van der Waals surface area contributed by atoms with E-state index in [1.54, 1.807) is 0 Å². The van der Waals surface area contributed by atoms with Gasteiger partial charge in [0.1, 0.15) is 0 Å². The Morgan fingerprint density at radius 3 is 2.71 bits per heavy atom. The number of nitrogens with two attached hydrogens (primary N) is 1. The molecule has 1 heterocycles. The Morgan fingerprint density at radius 2 is 2.24 bits per heavy atom. The zero-order valence-corrected chi connectivity index (χ0v) is 11.0. The van der Waals surface area contributed by atoms with Crippen molar-refractivity contribution in [2.75, 3.05) is 19.6 Å². The molecule has 1 atom stereocenters. The first-order valence-corrected chi connectivity index (χ1v) is 6.74. The predicted octanol–water partition coefficient (Wildman–Crippen LogP) is 0.714. The van der Waals surface area contributed by atoms with Crippen LogP contribution in [0.1, 0.15) is 39.5 Å². The van der Waals surface area contributed by atoms with Crippen molar-refractivity contribution in [1.29, 1.82) is 0 Å². The third-order valence-electron chi connectivity index (χ3n) is 3.86. The molecule has 17 heavy (non-hydrogen) atoms. The maximum absolute atomic E-state index is 11.8. The van der Waals surface area contributed by atoms with Gasteiger partial charge in [-0.05, 0) is 31.2 Å². The first kappa shape index (κ1) is 12.8. The molecule has 1 amide bonds. The minimum Gasteiger partial charge on any atom is -0.353 e. The molecule has 1 aliphatic heterocycles. The summed E-state index contributed by atoms with van der Waals surface area (Å²) >= 11 is 0. The monoisotopic (exact) mass is 239 g/mol. The van der Waals surface area contributed by atoms with E-state index in [1.807, 2.05) is 0 Å². The van der Waals surface area contributed by atoms with E-state index in [-0.39, 0.29) is 11.9 Å². The third kappa shape index (κ3) is 3.68. The van der Waals surface area contributed by atoms with Crippen molar-refractivity contribution in [3.05, 3.63) is 0 Å². The van der Waals surface area contributed by atoms with Gasteiger partial charge in [0.05, 0.1) is 0 Å². The lowest BCUT2D eigenvalue weighted by Crippen LogP contribution is -2.43. The van der Waals surface area contributed by atoms with E-state index in [4.69, 9.17) is 5.73 Å². The molecular weight excluding hydrogens is 214 g/mol. The van der Waals surface area contributed by atoms with E-state index in [1.165, 1.54) is 6.42 Å². The van der Waals surface area contributed by atoms with Gasteiger partial charge in [-0.1, -0.05) is 13.8 Å². The lowest BCUT2D eigenvalue weighted by Gasteiger charge is -2.27. The third-order valence-corrected chi connectivity index (χ3v) is 3.86. The van der Waals surface area contributed by atoms with E-state index in [0.717, 1.165) is 25.9 Å². The quantitative estimate of drug-likeness (QED) is 0.743. The second-order valence-corrected chi connectivity index (χ2v) is 6.32. The van der Waals surface area contributed by atoms with Gasteiger partial charge in [0.15, 0.2) is 0 Å². The number of rotatable bonds is 5. The summed E-state index contributed by atoms with van der Waals surface area (Å²) in [5, 5.41) is 3.04. The smallest absolute Gasteiger partial charge is 0.221 e. The van der Waals surface area contributed by atoms with Crippen molar-refractivity contribution in [1.82, 2.24) is 10.2 Å². The van der Waals surface area contributed by atoms with Crippen LogP contribution in [-0.4, -0.2) is 42.5 Å². The molecule has 3 N–H and O–H groups in total. The Bertz CT molecular complexity index is 286. The molecule has 0 aromatic carbocycles. The Balaban J connectivity index is 1.81. The molecule has 0 spiro atoms. The number of likely N-dealkylation sites (tertiary alicyclic amines) is 1. The molecule has 0 radical (unpaired) electrons. The average Bonchev–Trinajstić information content (AvgIpc) is 2.98. The summed E-state index contributed by atoms with van der Waals surface area (Å²) in [5.41, 5.74) is 6.19. The predicted molar refractivity (Wildman–Crippen MR) is 68.6 cm³/mol. The molecule has 4 heteroatoms. The fraction of sp³-hybridized carbons (Fsp3) is 0.923. The van der Waals surface area contributed by atoms with E-state index in [2.05, 4.69) is 24.1 Å². The highest BCUT2D eigenvalue weighted by Crippen LogP contribution is 2.30. The number of hydrogen-bond acceptors (Lipinski definition) is 3. The molecule has 2 fully saturated rings. The van der Waals surface area contributed by atoms with Crippen LogP contribution in [0.3, 0.4) is 0 Å². The number of carbonyl (C=O) groups excluding carboxylic acids is 1. The summed E-state index contributed by atoms with van der Waals surface area (Å²) in [4.78, 5) is 14.2. The van der Waals surface area contributed by atoms with E-state index in [9.17, 15) is 4.79 Å². The molecular formula is C13H25N3O. The Kier molecular flexibility index (Phi) is 3.73. The van der Waals surface area contributed by atoms with Crippen LogP contribution in [0.4, 0.5) is 0 Å². The highest BCUT2D eigenvalue weighted by molar-refractivity contribution is 5.77. The SMILES string of the molecule is CC1(C)CCN(C(CN)CC(=O)NC2CC2)C1. The van der Waals surface area contributed by atoms with Crippen LogP contribution in [-0.2, 0) is 4.79 Å². The van der Waals surface area contributed by atoms with Gasteiger partial charge in [0.2, 0.25) is 5.91 Å². The topological polar surface area (TPSA) is 58.4 Å². The van der Waals surface area contributed by atoms with Gasteiger partial charge in [-0.15, -0.1) is 0 Å². The number of carbonyl (C=O) groups is 1. The van der Waals surface area contributed by atoms with Gasteiger partial charge >= 0.3 is 0 Å². The van der Waals surface area contributed by atoms with Gasteiger partial charge < -0.3 is 11.1 Å². The van der Waals surface area contributed by atoms with Gasteiger partial charge in [0, 0.05) is 31.6 Å². The van der Waals surface area contributed by atoms with E-state index < -0.39 is 0 Å². The molecule has 2 aliphatic rings. The molecule has 0 bridgehead atoms. The van der Waals surface area contributed by atoms with Crippen LogP contribution in [0.5, 0.6) is 0 Å². The highest BCUT2D eigenvalue weighted by atomic mass is 16.1. The normalized spacial score (nSPS) is 25.8. The van der Waals surface area contributed by atoms with Gasteiger partial charge in [-0.25, -0.2) is 0 Å². The van der Waals surface area contributed by atoms with Crippen LogP contribution in [0.2, 0.25) is 0 Å².